The Hall–Kier alpha value is -0.0800. The highest BCUT2D eigenvalue weighted by Gasteiger charge is 2.28. The fourth-order valence-corrected chi connectivity index (χ4v) is 2.71. The Morgan fingerprint density at radius 2 is 1.40 bits per heavy atom. The minimum Gasteiger partial charge on any atom is -0.314 e. The lowest BCUT2D eigenvalue weighted by Gasteiger charge is -2.38. The minimum atomic E-state index is 0.450. The van der Waals surface area contributed by atoms with Crippen LogP contribution in [0.4, 0.5) is 0 Å². The van der Waals surface area contributed by atoms with E-state index in [2.05, 4.69) is 51.8 Å². The molecule has 0 saturated carbocycles. The van der Waals surface area contributed by atoms with E-state index < -0.39 is 0 Å². The van der Waals surface area contributed by atoms with Crippen molar-refractivity contribution in [3.63, 3.8) is 0 Å². The number of nitrogens with zero attached hydrogens (tertiary/aromatic N) is 1. The normalized spacial score (nSPS) is 12.6. The van der Waals surface area contributed by atoms with Crippen LogP contribution in [0.5, 0.6) is 0 Å². The summed E-state index contributed by atoms with van der Waals surface area (Å²) in [5.41, 5.74) is 0.450. The Morgan fingerprint density at radius 1 is 0.900 bits per heavy atom. The fourth-order valence-electron chi connectivity index (χ4n) is 2.71. The van der Waals surface area contributed by atoms with Crippen LogP contribution < -0.4 is 5.32 Å². The number of hydrogen-bond donors (Lipinski definition) is 1. The smallest absolute Gasteiger partial charge is 0.00499 e. The largest absolute Gasteiger partial charge is 0.314 e. The molecule has 0 aromatic carbocycles. The van der Waals surface area contributed by atoms with Gasteiger partial charge in [0.25, 0.3) is 0 Å². The quantitative estimate of drug-likeness (QED) is 0.527. The highest BCUT2D eigenvalue weighted by atomic mass is 15.1. The third kappa shape index (κ3) is 8.26. The molecular weight excluding hydrogens is 244 g/mol. The summed E-state index contributed by atoms with van der Waals surface area (Å²) in [5, 5.41) is 3.68. The Morgan fingerprint density at radius 3 is 1.75 bits per heavy atom. The van der Waals surface area contributed by atoms with Gasteiger partial charge in [-0.2, -0.15) is 0 Å². The van der Waals surface area contributed by atoms with Crippen molar-refractivity contribution in [1.29, 1.82) is 0 Å². The van der Waals surface area contributed by atoms with Crippen LogP contribution in [-0.4, -0.2) is 37.1 Å². The topological polar surface area (TPSA) is 15.3 Å². The predicted molar refractivity (Wildman–Crippen MR) is 92.4 cm³/mol. The summed E-state index contributed by atoms with van der Waals surface area (Å²) in [5.74, 6) is 0. The van der Waals surface area contributed by atoms with Crippen LogP contribution in [0.3, 0.4) is 0 Å². The summed E-state index contributed by atoms with van der Waals surface area (Å²) in [6.07, 6.45) is 7.84. The van der Waals surface area contributed by atoms with Gasteiger partial charge in [0.2, 0.25) is 0 Å². The van der Waals surface area contributed by atoms with Gasteiger partial charge in [-0.1, -0.05) is 54.4 Å². The number of unbranched alkanes of at least 4 members (excludes halogenated alkanes) is 2. The predicted octanol–water partition coefficient (Wildman–Crippen LogP) is 4.69. The van der Waals surface area contributed by atoms with Crippen LogP contribution >= 0.6 is 0 Å². The zero-order valence-electron chi connectivity index (χ0n) is 15.1. The highest BCUT2D eigenvalue weighted by molar-refractivity contribution is 4.83. The number of rotatable bonds is 13. The zero-order chi connectivity index (χ0) is 15.4. The molecule has 0 aliphatic rings. The first-order valence-corrected chi connectivity index (χ1v) is 8.99. The maximum absolute atomic E-state index is 3.68. The van der Waals surface area contributed by atoms with E-state index in [9.17, 15) is 0 Å². The van der Waals surface area contributed by atoms with Gasteiger partial charge in [0.1, 0.15) is 0 Å². The first kappa shape index (κ1) is 19.9. The van der Waals surface area contributed by atoms with Crippen molar-refractivity contribution in [3.8, 4) is 0 Å². The van der Waals surface area contributed by atoms with Crippen LogP contribution in [0.15, 0.2) is 0 Å². The summed E-state index contributed by atoms with van der Waals surface area (Å²) < 4.78 is 0. The van der Waals surface area contributed by atoms with E-state index >= 15 is 0 Å². The van der Waals surface area contributed by atoms with Crippen molar-refractivity contribution >= 4 is 0 Å². The molecule has 0 bridgehead atoms. The molecule has 20 heavy (non-hydrogen) atoms. The van der Waals surface area contributed by atoms with Gasteiger partial charge in [-0.15, -0.1) is 0 Å². The maximum Gasteiger partial charge on any atom is 0.00499 e. The monoisotopic (exact) mass is 284 g/mol. The minimum absolute atomic E-state index is 0.450. The Bertz CT molecular complexity index is 201. The second-order valence-corrected chi connectivity index (χ2v) is 6.73. The van der Waals surface area contributed by atoms with Gasteiger partial charge in [0.15, 0.2) is 0 Å². The first-order valence-electron chi connectivity index (χ1n) is 8.99. The standard InChI is InChI=1S/C18H40N2/c1-7-11-13-20(14-12-8-2)16-18(9-3,10-4)15-19-17(5)6/h17,19H,7-16H2,1-6H3. The Kier molecular flexibility index (Phi) is 11.5. The van der Waals surface area contributed by atoms with Gasteiger partial charge in [-0.3, -0.25) is 0 Å². The molecule has 0 aromatic rings. The van der Waals surface area contributed by atoms with Gasteiger partial charge < -0.3 is 10.2 Å². The van der Waals surface area contributed by atoms with Crippen molar-refractivity contribution in [3.05, 3.63) is 0 Å². The SMILES string of the molecule is CCCCN(CCCC)CC(CC)(CC)CNC(C)C. The van der Waals surface area contributed by atoms with E-state index in [0.29, 0.717) is 11.5 Å². The molecule has 0 saturated heterocycles. The summed E-state index contributed by atoms with van der Waals surface area (Å²) in [4.78, 5) is 2.72. The van der Waals surface area contributed by atoms with Crippen LogP contribution in [0.25, 0.3) is 0 Å². The van der Waals surface area contributed by atoms with E-state index in [1.54, 1.807) is 0 Å². The van der Waals surface area contributed by atoms with E-state index in [4.69, 9.17) is 0 Å². The van der Waals surface area contributed by atoms with E-state index in [-0.39, 0.29) is 0 Å². The Balaban J connectivity index is 4.59. The molecule has 0 aliphatic heterocycles. The van der Waals surface area contributed by atoms with Gasteiger partial charge in [-0.05, 0) is 44.2 Å². The van der Waals surface area contributed by atoms with Crippen molar-refractivity contribution < 1.29 is 0 Å². The molecule has 1 N–H and O–H groups in total. The van der Waals surface area contributed by atoms with E-state index in [1.807, 2.05) is 0 Å². The highest BCUT2D eigenvalue weighted by Crippen LogP contribution is 2.27. The van der Waals surface area contributed by atoms with E-state index in [0.717, 1.165) is 6.54 Å². The molecule has 0 radical (unpaired) electrons. The van der Waals surface area contributed by atoms with Crippen molar-refractivity contribution in [2.24, 2.45) is 5.41 Å². The van der Waals surface area contributed by atoms with Crippen LogP contribution in [-0.2, 0) is 0 Å². The van der Waals surface area contributed by atoms with Gasteiger partial charge in [0, 0.05) is 19.1 Å². The van der Waals surface area contributed by atoms with Crippen molar-refractivity contribution in [2.45, 2.75) is 86.1 Å². The third-order valence-electron chi connectivity index (χ3n) is 4.60. The summed E-state index contributed by atoms with van der Waals surface area (Å²) in [6.45, 7) is 18.8. The van der Waals surface area contributed by atoms with Crippen LogP contribution in [0.2, 0.25) is 0 Å². The van der Waals surface area contributed by atoms with Crippen molar-refractivity contribution in [1.82, 2.24) is 10.2 Å². The Labute approximate surface area is 128 Å². The van der Waals surface area contributed by atoms with Gasteiger partial charge >= 0.3 is 0 Å². The lowest BCUT2D eigenvalue weighted by molar-refractivity contribution is 0.129. The van der Waals surface area contributed by atoms with Crippen molar-refractivity contribution in [2.75, 3.05) is 26.2 Å². The van der Waals surface area contributed by atoms with Crippen LogP contribution in [0.1, 0.15) is 80.1 Å². The molecule has 0 rings (SSSR count). The zero-order valence-corrected chi connectivity index (χ0v) is 15.1. The molecule has 0 fully saturated rings. The third-order valence-corrected chi connectivity index (χ3v) is 4.60. The molecule has 0 atom stereocenters. The molecule has 0 amide bonds. The molecule has 122 valence electrons. The first-order chi connectivity index (χ1) is 9.53. The molecule has 2 heteroatoms. The molecular formula is C18H40N2. The molecule has 0 unspecified atom stereocenters. The van der Waals surface area contributed by atoms with Crippen LogP contribution in [0, 0.1) is 5.41 Å². The molecule has 0 spiro atoms. The molecule has 0 aliphatic carbocycles. The van der Waals surface area contributed by atoms with Gasteiger partial charge in [0.05, 0.1) is 0 Å². The average molecular weight is 285 g/mol. The fraction of sp³-hybridized carbons (Fsp3) is 1.00. The number of hydrogen-bond acceptors (Lipinski definition) is 2. The second-order valence-electron chi connectivity index (χ2n) is 6.73. The lowest BCUT2D eigenvalue weighted by atomic mass is 9.81. The second kappa shape index (κ2) is 11.6. The summed E-state index contributed by atoms with van der Waals surface area (Å²) in [7, 11) is 0. The summed E-state index contributed by atoms with van der Waals surface area (Å²) in [6, 6.07) is 0.590. The average Bonchev–Trinajstić information content (AvgIpc) is 2.45. The lowest BCUT2D eigenvalue weighted by Crippen LogP contribution is -2.45. The maximum atomic E-state index is 3.68. The molecule has 0 heterocycles. The summed E-state index contributed by atoms with van der Waals surface area (Å²) >= 11 is 0. The molecule has 0 aromatic heterocycles. The molecule has 2 nitrogen and oxygen atoms in total. The number of nitrogens with one attached hydrogen (secondary N) is 1. The van der Waals surface area contributed by atoms with E-state index in [1.165, 1.54) is 58.2 Å². The van der Waals surface area contributed by atoms with Gasteiger partial charge in [-0.25, -0.2) is 0 Å².